The first-order valence-corrected chi connectivity index (χ1v) is 6.33. The number of hydrogen-bond acceptors (Lipinski definition) is 5. The highest BCUT2D eigenvalue weighted by atomic mass is 16.5. The molecule has 5 nitrogen and oxygen atoms in total. The molecule has 0 bridgehead atoms. The maximum absolute atomic E-state index is 5.54. The van der Waals surface area contributed by atoms with Gasteiger partial charge in [-0.25, -0.2) is 0 Å². The summed E-state index contributed by atoms with van der Waals surface area (Å²) in [6.45, 7) is 2.47. The Labute approximate surface area is 115 Å². The summed E-state index contributed by atoms with van der Waals surface area (Å²) in [7, 11) is 6.97. The molecule has 1 aromatic carbocycles. The highest BCUT2D eigenvalue weighted by Gasteiger charge is 2.12. The van der Waals surface area contributed by atoms with Crippen LogP contribution in [-0.4, -0.2) is 52.9 Å². The van der Waals surface area contributed by atoms with Crippen molar-refractivity contribution in [2.45, 2.75) is 6.42 Å². The van der Waals surface area contributed by atoms with Gasteiger partial charge in [0.15, 0.2) is 11.5 Å². The van der Waals surface area contributed by atoms with Crippen LogP contribution in [0, 0.1) is 0 Å². The molecule has 0 aliphatic carbocycles. The fourth-order valence-electron chi connectivity index (χ4n) is 1.93. The number of benzene rings is 1. The van der Waals surface area contributed by atoms with Crippen molar-refractivity contribution >= 4 is 0 Å². The first-order valence-electron chi connectivity index (χ1n) is 6.33. The molecule has 0 saturated heterocycles. The number of rotatable bonds is 8. The Morgan fingerprint density at radius 3 is 2.05 bits per heavy atom. The maximum atomic E-state index is 5.54. The second kappa shape index (κ2) is 7.86. The Morgan fingerprint density at radius 2 is 1.53 bits per heavy atom. The average Bonchev–Trinajstić information content (AvgIpc) is 2.44. The molecule has 0 aromatic heterocycles. The fraction of sp³-hybridized carbons (Fsp3) is 0.571. The zero-order valence-electron chi connectivity index (χ0n) is 12.2. The minimum Gasteiger partial charge on any atom is -0.496 e. The lowest BCUT2D eigenvalue weighted by Gasteiger charge is -2.18. The second-order valence-electron chi connectivity index (χ2n) is 4.36. The van der Waals surface area contributed by atoms with Crippen LogP contribution in [0.5, 0.6) is 17.2 Å². The molecule has 2 N–H and O–H groups in total. The number of ether oxygens (including phenoxy) is 3. The summed E-state index contributed by atoms with van der Waals surface area (Å²) in [5.41, 5.74) is 6.64. The van der Waals surface area contributed by atoms with Gasteiger partial charge in [0.1, 0.15) is 5.75 Å². The van der Waals surface area contributed by atoms with E-state index in [9.17, 15) is 0 Å². The molecule has 0 saturated carbocycles. The molecule has 0 radical (unpaired) electrons. The van der Waals surface area contributed by atoms with Crippen molar-refractivity contribution in [3.8, 4) is 17.2 Å². The molecule has 5 heteroatoms. The Kier molecular flexibility index (Phi) is 6.45. The van der Waals surface area contributed by atoms with Crippen LogP contribution in [-0.2, 0) is 6.42 Å². The monoisotopic (exact) mass is 268 g/mol. The fourth-order valence-corrected chi connectivity index (χ4v) is 1.93. The number of likely N-dealkylation sites (N-methyl/N-ethyl adjacent to an activating group) is 1. The summed E-state index contributed by atoms with van der Waals surface area (Å²) < 4.78 is 16.0. The molecular formula is C14H24N2O3. The lowest BCUT2D eigenvalue weighted by atomic mass is 10.1. The molecule has 1 aromatic rings. The van der Waals surface area contributed by atoms with E-state index in [1.165, 1.54) is 0 Å². The van der Waals surface area contributed by atoms with Gasteiger partial charge in [-0.1, -0.05) is 0 Å². The highest BCUT2D eigenvalue weighted by Crippen LogP contribution is 2.34. The highest BCUT2D eigenvalue weighted by molar-refractivity contribution is 5.50. The molecule has 108 valence electrons. The zero-order valence-corrected chi connectivity index (χ0v) is 12.2. The topological polar surface area (TPSA) is 57.0 Å². The minimum absolute atomic E-state index is 0.666. The van der Waals surface area contributed by atoms with Crippen molar-refractivity contribution in [3.63, 3.8) is 0 Å². The maximum Gasteiger partial charge on any atom is 0.164 e. The van der Waals surface area contributed by atoms with Gasteiger partial charge in [0, 0.05) is 25.7 Å². The predicted molar refractivity (Wildman–Crippen MR) is 76.4 cm³/mol. The van der Waals surface area contributed by atoms with E-state index in [4.69, 9.17) is 19.9 Å². The Balaban J connectivity index is 2.86. The first kappa shape index (κ1) is 15.6. The van der Waals surface area contributed by atoms with Crippen molar-refractivity contribution in [2.24, 2.45) is 5.73 Å². The summed E-state index contributed by atoms with van der Waals surface area (Å²) >= 11 is 0. The molecule has 0 spiro atoms. The van der Waals surface area contributed by atoms with Crippen molar-refractivity contribution in [1.82, 2.24) is 4.90 Å². The van der Waals surface area contributed by atoms with Crippen molar-refractivity contribution < 1.29 is 14.2 Å². The van der Waals surface area contributed by atoms with Gasteiger partial charge in [0.05, 0.1) is 21.3 Å². The Morgan fingerprint density at radius 1 is 0.947 bits per heavy atom. The van der Waals surface area contributed by atoms with Crippen LogP contribution in [0.3, 0.4) is 0 Å². The number of hydrogen-bond donors (Lipinski definition) is 1. The van der Waals surface area contributed by atoms with E-state index >= 15 is 0 Å². The van der Waals surface area contributed by atoms with Crippen LogP contribution >= 0.6 is 0 Å². The van der Waals surface area contributed by atoms with Gasteiger partial charge in [0.2, 0.25) is 0 Å². The van der Waals surface area contributed by atoms with Crippen molar-refractivity contribution in [2.75, 3.05) is 48.0 Å². The summed E-state index contributed by atoms with van der Waals surface area (Å²) in [5.74, 6) is 2.22. The van der Waals surface area contributed by atoms with Crippen LogP contribution in [0.15, 0.2) is 12.1 Å². The average molecular weight is 268 g/mol. The molecule has 0 atom stereocenters. The van der Waals surface area contributed by atoms with E-state index in [1.54, 1.807) is 21.3 Å². The third-order valence-corrected chi connectivity index (χ3v) is 3.06. The third kappa shape index (κ3) is 4.29. The number of nitrogens with zero attached hydrogens (tertiary/aromatic N) is 1. The van der Waals surface area contributed by atoms with E-state index in [0.717, 1.165) is 36.6 Å². The zero-order chi connectivity index (χ0) is 14.3. The third-order valence-electron chi connectivity index (χ3n) is 3.06. The van der Waals surface area contributed by atoms with Crippen molar-refractivity contribution in [3.05, 3.63) is 17.7 Å². The second-order valence-corrected chi connectivity index (χ2v) is 4.36. The van der Waals surface area contributed by atoms with E-state index in [1.807, 2.05) is 12.1 Å². The molecule has 0 heterocycles. The smallest absolute Gasteiger partial charge is 0.164 e. The van der Waals surface area contributed by atoms with Crippen LogP contribution < -0.4 is 19.9 Å². The quantitative estimate of drug-likeness (QED) is 0.766. The van der Waals surface area contributed by atoms with Crippen LogP contribution in [0.4, 0.5) is 0 Å². The molecule has 0 unspecified atom stereocenters. The van der Waals surface area contributed by atoms with Gasteiger partial charge in [-0.2, -0.15) is 0 Å². The molecular weight excluding hydrogens is 244 g/mol. The van der Waals surface area contributed by atoms with Gasteiger partial charge < -0.3 is 24.8 Å². The van der Waals surface area contributed by atoms with Gasteiger partial charge in [0.25, 0.3) is 0 Å². The SMILES string of the molecule is COc1cc(OC)c(OC)cc1CCN(C)CCN. The summed E-state index contributed by atoms with van der Waals surface area (Å²) in [6.07, 6.45) is 0.875. The van der Waals surface area contributed by atoms with Gasteiger partial charge in [-0.05, 0) is 25.1 Å². The summed E-state index contributed by atoms with van der Waals surface area (Å²) in [6, 6.07) is 3.82. The van der Waals surface area contributed by atoms with Crippen LogP contribution in [0.25, 0.3) is 0 Å². The molecule has 0 fully saturated rings. The van der Waals surface area contributed by atoms with E-state index in [2.05, 4.69) is 11.9 Å². The van der Waals surface area contributed by atoms with Gasteiger partial charge in [-0.3, -0.25) is 0 Å². The van der Waals surface area contributed by atoms with E-state index in [-0.39, 0.29) is 0 Å². The normalized spacial score (nSPS) is 10.6. The van der Waals surface area contributed by atoms with Crippen molar-refractivity contribution in [1.29, 1.82) is 0 Å². The van der Waals surface area contributed by atoms with Gasteiger partial charge in [-0.15, -0.1) is 0 Å². The number of methoxy groups -OCH3 is 3. The van der Waals surface area contributed by atoms with E-state index < -0.39 is 0 Å². The minimum atomic E-state index is 0.666. The van der Waals surface area contributed by atoms with E-state index in [0.29, 0.717) is 12.3 Å². The first-order chi connectivity index (χ1) is 9.15. The largest absolute Gasteiger partial charge is 0.496 e. The lowest BCUT2D eigenvalue weighted by molar-refractivity contribution is 0.336. The molecule has 0 aliphatic heterocycles. The summed E-state index contributed by atoms with van der Waals surface area (Å²) in [4.78, 5) is 2.19. The van der Waals surface area contributed by atoms with Crippen LogP contribution in [0.1, 0.15) is 5.56 Å². The van der Waals surface area contributed by atoms with Crippen LogP contribution in [0.2, 0.25) is 0 Å². The predicted octanol–water partition coefficient (Wildman–Crippen LogP) is 1.15. The Hall–Kier alpha value is -1.46. The molecule has 19 heavy (non-hydrogen) atoms. The number of nitrogens with two attached hydrogens (primary N) is 1. The Bertz CT molecular complexity index is 397. The summed E-state index contributed by atoms with van der Waals surface area (Å²) in [5, 5.41) is 0. The van der Waals surface area contributed by atoms with Gasteiger partial charge >= 0.3 is 0 Å². The molecule has 0 amide bonds. The molecule has 0 aliphatic rings. The standard InChI is InChI=1S/C14H24N2O3/c1-16(8-6-15)7-5-11-9-13(18-3)14(19-4)10-12(11)17-2/h9-10H,5-8,15H2,1-4H3. The molecule has 1 rings (SSSR count). The lowest BCUT2D eigenvalue weighted by Crippen LogP contribution is -2.27.